The molecular formula is C11H12F3N. The fraction of sp³-hybridized carbons (Fsp3) is 0.364. The van der Waals surface area contributed by atoms with Gasteiger partial charge in [-0.15, -0.1) is 0 Å². The molecule has 0 N–H and O–H groups in total. The highest BCUT2D eigenvalue weighted by Gasteiger charge is 2.30. The zero-order chi connectivity index (χ0) is 11.5. The molecule has 0 heterocycles. The fourth-order valence-corrected chi connectivity index (χ4v) is 1.11. The van der Waals surface area contributed by atoms with Crippen molar-refractivity contribution in [2.45, 2.75) is 26.4 Å². The van der Waals surface area contributed by atoms with Gasteiger partial charge in [-0.25, -0.2) is 0 Å². The maximum absolute atomic E-state index is 12.4. The minimum absolute atomic E-state index is 0.381. The zero-order valence-corrected chi connectivity index (χ0v) is 8.60. The number of aryl methyl sites for hydroxylation is 1. The molecule has 0 unspecified atom stereocenters. The lowest BCUT2D eigenvalue weighted by Gasteiger charge is -2.08. The van der Waals surface area contributed by atoms with Crippen LogP contribution in [0.5, 0.6) is 0 Å². The Hall–Kier alpha value is -1.32. The minimum Gasteiger partial charge on any atom is -0.261 e. The lowest BCUT2D eigenvalue weighted by molar-refractivity contribution is -0.137. The van der Waals surface area contributed by atoms with E-state index in [9.17, 15) is 13.2 Å². The molecule has 0 aliphatic heterocycles. The summed E-state index contributed by atoms with van der Waals surface area (Å²) >= 11 is 0. The van der Waals surface area contributed by atoms with Crippen LogP contribution in [0.1, 0.15) is 24.5 Å². The van der Waals surface area contributed by atoms with Gasteiger partial charge in [0.2, 0.25) is 0 Å². The third-order valence-electron chi connectivity index (χ3n) is 1.95. The van der Waals surface area contributed by atoms with Crippen LogP contribution in [0.3, 0.4) is 0 Å². The molecule has 1 nitrogen and oxygen atoms in total. The Kier molecular flexibility index (Phi) is 3.50. The lowest BCUT2D eigenvalue weighted by Crippen LogP contribution is -2.04. The van der Waals surface area contributed by atoms with Crippen LogP contribution in [0.2, 0.25) is 0 Å². The summed E-state index contributed by atoms with van der Waals surface area (Å²) in [7, 11) is 0. The fourth-order valence-electron chi connectivity index (χ4n) is 1.11. The molecule has 0 saturated carbocycles. The first-order valence-electron chi connectivity index (χ1n) is 4.65. The van der Waals surface area contributed by atoms with E-state index >= 15 is 0 Å². The predicted octanol–water partition coefficient (Wildman–Crippen LogP) is 4.13. The van der Waals surface area contributed by atoms with Gasteiger partial charge in [0.25, 0.3) is 0 Å². The molecule has 15 heavy (non-hydrogen) atoms. The highest BCUT2D eigenvalue weighted by Crippen LogP contribution is 2.32. The average Bonchev–Trinajstić information content (AvgIpc) is 2.15. The number of benzene rings is 1. The molecule has 0 amide bonds. The van der Waals surface area contributed by atoms with Gasteiger partial charge >= 0.3 is 6.18 Å². The van der Waals surface area contributed by atoms with E-state index in [2.05, 4.69) is 4.99 Å². The first kappa shape index (κ1) is 11.8. The zero-order valence-electron chi connectivity index (χ0n) is 8.60. The number of rotatable bonds is 2. The van der Waals surface area contributed by atoms with E-state index in [1.807, 2.05) is 6.92 Å². The number of halogens is 3. The van der Waals surface area contributed by atoms with Crippen LogP contribution in [-0.4, -0.2) is 6.21 Å². The molecule has 1 rings (SSSR count). The van der Waals surface area contributed by atoms with Crippen molar-refractivity contribution in [3.63, 3.8) is 0 Å². The number of hydrogen-bond acceptors (Lipinski definition) is 1. The Morgan fingerprint density at radius 2 is 2.00 bits per heavy atom. The third kappa shape index (κ3) is 3.08. The molecule has 1 aromatic rings. The molecule has 4 heteroatoms. The van der Waals surface area contributed by atoms with Gasteiger partial charge in [-0.05, 0) is 31.0 Å². The van der Waals surface area contributed by atoms with Crippen LogP contribution in [0.15, 0.2) is 23.2 Å². The highest BCUT2D eigenvalue weighted by atomic mass is 19.4. The Bertz CT molecular complexity index is 367. The van der Waals surface area contributed by atoms with Crippen molar-refractivity contribution in [2.24, 2.45) is 4.99 Å². The van der Waals surface area contributed by atoms with E-state index in [4.69, 9.17) is 0 Å². The maximum atomic E-state index is 12.4. The van der Waals surface area contributed by atoms with Gasteiger partial charge in [-0.2, -0.15) is 13.2 Å². The molecule has 82 valence electrons. The van der Waals surface area contributed by atoms with Crippen LogP contribution in [0, 0.1) is 6.92 Å². The summed E-state index contributed by atoms with van der Waals surface area (Å²) in [5, 5.41) is 0. The highest BCUT2D eigenvalue weighted by molar-refractivity contribution is 5.64. The van der Waals surface area contributed by atoms with E-state index < -0.39 is 11.7 Å². The summed E-state index contributed by atoms with van der Waals surface area (Å²) in [4.78, 5) is 3.97. The van der Waals surface area contributed by atoms with Gasteiger partial charge in [0.15, 0.2) is 0 Å². The van der Waals surface area contributed by atoms with Gasteiger partial charge < -0.3 is 0 Å². The maximum Gasteiger partial charge on any atom is 0.416 e. The lowest BCUT2D eigenvalue weighted by atomic mass is 10.1. The van der Waals surface area contributed by atoms with Crippen LogP contribution in [0.25, 0.3) is 0 Å². The second-order valence-electron chi connectivity index (χ2n) is 3.22. The monoisotopic (exact) mass is 215 g/mol. The number of alkyl halides is 3. The van der Waals surface area contributed by atoms with Crippen molar-refractivity contribution in [3.05, 3.63) is 29.3 Å². The average molecular weight is 215 g/mol. The largest absolute Gasteiger partial charge is 0.416 e. The number of aliphatic imine (C=N–C) groups is 1. The van der Waals surface area contributed by atoms with E-state index in [1.165, 1.54) is 6.07 Å². The Morgan fingerprint density at radius 3 is 2.53 bits per heavy atom. The van der Waals surface area contributed by atoms with Crippen molar-refractivity contribution in [1.82, 2.24) is 0 Å². The molecule has 0 spiro atoms. The number of nitrogens with zero attached hydrogens (tertiary/aromatic N) is 1. The van der Waals surface area contributed by atoms with E-state index in [1.54, 1.807) is 13.1 Å². The van der Waals surface area contributed by atoms with Crippen molar-refractivity contribution < 1.29 is 13.2 Å². The van der Waals surface area contributed by atoms with Gasteiger partial charge in [-0.1, -0.05) is 13.0 Å². The van der Waals surface area contributed by atoms with Gasteiger partial charge in [0, 0.05) is 6.21 Å². The van der Waals surface area contributed by atoms with Crippen molar-refractivity contribution in [1.29, 1.82) is 0 Å². The Balaban J connectivity index is 3.11. The Morgan fingerprint density at radius 1 is 1.33 bits per heavy atom. The van der Waals surface area contributed by atoms with Gasteiger partial charge in [0.05, 0.1) is 11.3 Å². The molecule has 0 aromatic heterocycles. The minimum atomic E-state index is -4.30. The van der Waals surface area contributed by atoms with Crippen LogP contribution in [-0.2, 0) is 6.18 Å². The van der Waals surface area contributed by atoms with Crippen LogP contribution >= 0.6 is 0 Å². The van der Waals surface area contributed by atoms with Crippen molar-refractivity contribution >= 4 is 11.9 Å². The standard InChI is InChI=1S/C11H12F3N/c1-3-6-15-10-7-9(11(12,13)14)5-4-8(10)2/h4-7H,3H2,1-2H3. The molecule has 0 bridgehead atoms. The molecule has 0 atom stereocenters. The molecular weight excluding hydrogens is 203 g/mol. The molecule has 0 fully saturated rings. The first-order chi connectivity index (χ1) is 6.95. The van der Waals surface area contributed by atoms with Crippen LogP contribution < -0.4 is 0 Å². The van der Waals surface area contributed by atoms with Crippen molar-refractivity contribution in [3.8, 4) is 0 Å². The molecule has 0 aliphatic rings. The molecule has 1 aromatic carbocycles. The molecule has 0 aliphatic carbocycles. The second kappa shape index (κ2) is 4.47. The normalized spacial score (nSPS) is 12.3. The molecule has 0 radical (unpaired) electrons. The van der Waals surface area contributed by atoms with Gasteiger partial charge in [0.1, 0.15) is 0 Å². The topological polar surface area (TPSA) is 12.4 Å². The van der Waals surface area contributed by atoms with E-state index in [0.29, 0.717) is 12.1 Å². The molecule has 0 saturated heterocycles. The van der Waals surface area contributed by atoms with Gasteiger partial charge in [-0.3, -0.25) is 4.99 Å². The smallest absolute Gasteiger partial charge is 0.261 e. The third-order valence-corrected chi connectivity index (χ3v) is 1.95. The Labute approximate surface area is 86.6 Å². The predicted molar refractivity (Wildman–Crippen MR) is 54.6 cm³/mol. The summed E-state index contributed by atoms with van der Waals surface area (Å²) < 4.78 is 37.1. The quantitative estimate of drug-likeness (QED) is 0.658. The summed E-state index contributed by atoms with van der Waals surface area (Å²) in [5.74, 6) is 0. The van der Waals surface area contributed by atoms with Crippen LogP contribution in [0.4, 0.5) is 18.9 Å². The summed E-state index contributed by atoms with van der Waals surface area (Å²) in [6, 6.07) is 3.58. The SMILES string of the molecule is CCC=Nc1cc(C(F)(F)F)ccc1C. The summed E-state index contributed by atoms with van der Waals surface area (Å²) in [6.07, 6.45) is -2.00. The van der Waals surface area contributed by atoms with E-state index in [0.717, 1.165) is 17.7 Å². The number of hydrogen-bond donors (Lipinski definition) is 0. The first-order valence-corrected chi connectivity index (χ1v) is 4.65. The van der Waals surface area contributed by atoms with Crippen molar-refractivity contribution in [2.75, 3.05) is 0 Å². The second-order valence-corrected chi connectivity index (χ2v) is 3.22. The summed E-state index contributed by atoms with van der Waals surface area (Å²) in [6.45, 7) is 3.62. The van der Waals surface area contributed by atoms with E-state index in [-0.39, 0.29) is 0 Å². The summed E-state index contributed by atoms with van der Waals surface area (Å²) in [5.41, 5.74) is 0.468.